The van der Waals surface area contributed by atoms with E-state index in [0.717, 1.165) is 5.56 Å². The number of amides is 4. The summed E-state index contributed by atoms with van der Waals surface area (Å²) in [6.45, 7) is 5.02. The number of ketones is 2. The Morgan fingerprint density at radius 3 is 2.36 bits per heavy atom. The van der Waals surface area contributed by atoms with Gasteiger partial charge in [-0.15, -0.1) is 0 Å². The molecule has 2 fully saturated rings. The van der Waals surface area contributed by atoms with Crippen molar-refractivity contribution in [1.82, 2.24) is 20.9 Å². The predicted molar refractivity (Wildman–Crippen MR) is 144 cm³/mol. The second-order valence-corrected chi connectivity index (χ2v) is 10.7. The van der Waals surface area contributed by atoms with Gasteiger partial charge in [0.1, 0.15) is 23.7 Å². The number of unbranched alkanes of at least 4 members (excludes halogenated alkanes) is 2. The topological polar surface area (TPSA) is 142 Å². The van der Waals surface area contributed by atoms with Crippen LogP contribution < -0.4 is 16.0 Å². The van der Waals surface area contributed by atoms with Gasteiger partial charge in [0, 0.05) is 26.3 Å². The van der Waals surface area contributed by atoms with E-state index in [0.29, 0.717) is 45.1 Å². The van der Waals surface area contributed by atoms with Crippen LogP contribution >= 0.6 is 0 Å². The molecule has 3 N–H and O–H groups in total. The van der Waals surface area contributed by atoms with E-state index >= 15 is 0 Å². The fourth-order valence-corrected chi connectivity index (χ4v) is 5.06. The monoisotopic (exact) mass is 540 g/mol. The third-order valence-electron chi connectivity index (χ3n) is 7.75. The normalized spacial score (nSPS) is 26.0. The van der Waals surface area contributed by atoms with Gasteiger partial charge >= 0.3 is 0 Å². The number of carbonyl (C=O) groups is 6. The lowest BCUT2D eigenvalue weighted by molar-refractivity contribution is -0.144. The first-order valence-corrected chi connectivity index (χ1v) is 13.9. The molecular weight excluding hydrogens is 500 g/mol. The number of Topliss-reactive ketones (excluding diaryl/α,β-unsaturated/α-hetero) is 2. The fraction of sp³-hybridized carbons (Fsp3) is 0.586. The summed E-state index contributed by atoms with van der Waals surface area (Å²) in [5.41, 5.74) is -0.428. The van der Waals surface area contributed by atoms with Gasteiger partial charge in [-0.05, 0) is 44.6 Å². The van der Waals surface area contributed by atoms with Crippen LogP contribution in [0.1, 0.15) is 77.7 Å². The Balaban J connectivity index is 1.82. The first-order valence-electron chi connectivity index (χ1n) is 13.9. The van der Waals surface area contributed by atoms with E-state index in [1.807, 2.05) is 30.3 Å². The van der Waals surface area contributed by atoms with Gasteiger partial charge in [-0.1, -0.05) is 50.1 Å². The highest BCUT2D eigenvalue weighted by Crippen LogP contribution is 2.22. The number of rotatable bonds is 10. The minimum absolute atomic E-state index is 0.149. The van der Waals surface area contributed by atoms with Crippen LogP contribution in [-0.2, 0) is 35.2 Å². The van der Waals surface area contributed by atoms with Crippen LogP contribution in [0.5, 0.6) is 0 Å². The lowest BCUT2D eigenvalue weighted by atomic mass is 9.94. The number of fused-ring (bicyclic) bond motifs is 1. The van der Waals surface area contributed by atoms with Gasteiger partial charge in [-0.3, -0.25) is 28.8 Å². The lowest BCUT2D eigenvalue weighted by Crippen LogP contribution is -2.65. The summed E-state index contributed by atoms with van der Waals surface area (Å²) in [5.74, 6) is -2.54. The molecule has 0 spiro atoms. The van der Waals surface area contributed by atoms with Crippen LogP contribution in [0.3, 0.4) is 0 Å². The van der Waals surface area contributed by atoms with Crippen molar-refractivity contribution in [2.24, 2.45) is 0 Å². The fourth-order valence-electron chi connectivity index (χ4n) is 5.06. The zero-order valence-electron chi connectivity index (χ0n) is 23.1. The zero-order valence-corrected chi connectivity index (χ0v) is 23.1. The molecule has 0 unspecified atom stereocenters. The summed E-state index contributed by atoms with van der Waals surface area (Å²) in [4.78, 5) is 78.3. The predicted octanol–water partition coefficient (Wildman–Crippen LogP) is 1.60. The molecule has 3 rings (SSSR count). The average Bonchev–Trinajstić information content (AvgIpc) is 3.41. The number of nitrogens with zero attached hydrogens (tertiary/aromatic N) is 1. The van der Waals surface area contributed by atoms with Crippen LogP contribution in [0, 0.1) is 0 Å². The van der Waals surface area contributed by atoms with Crippen LogP contribution in [0.15, 0.2) is 30.3 Å². The van der Waals surface area contributed by atoms with E-state index in [1.165, 1.54) is 11.8 Å². The number of hydrogen-bond donors (Lipinski definition) is 3. The van der Waals surface area contributed by atoms with E-state index in [2.05, 4.69) is 16.0 Å². The summed E-state index contributed by atoms with van der Waals surface area (Å²) < 4.78 is 0. The van der Waals surface area contributed by atoms with E-state index in [9.17, 15) is 28.8 Å². The second-order valence-electron chi connectivity index (χ2n) is 10.7. The van der Waals surface area contributed by atoms with Gasteiger partial charge in [0.05, 0.1) is 0 Å². The van der Waals surface area contributed by atoms with Gasteiger partial charge in [-0.25, -0.2) is 0 Å². The first kappa shape index (κ1) is 30.0. The molecule has 10 heteroatoms. The highest BCUT2D eigenvalue weighted by atomic mass is 16.2. The van der Waals surface area contributed by atoms with Crippen molar-refractivity contribution in [3.05, 3.63) is 35.9 Å². The summed E-state index contributed by atoms with van der Waals surface area (Å²) in [6, 6.07) is 6.84. The van der Waals surface area contributed by atoms with Crippen molar-refractivity contribution in [1.29, 1.82) is 0 Å². The summed E-state index contributed by atoms with van der Waals surface area (Å²) in [6.07, 6.45) is 3.73. The van der Waals surface area contributed by atoms with Crippen LogP contribution in [0.2, 0.25) is 0 Å². The van der Waals surface area contributed by atoms with E-state index in [4.69, 9.17) is 0 Å². The Morgan fingerprint density at radius 1 is 0.974 bits per heavy atom. The van der Waals surface area contributed by atoms with Crippen LogP contribution in [0.4, 0.5) is 0 Å². The summed E-state index contributed by atoms with van der Waals surface area (Å²) >= 11 is 0. The number of benzene rings is 1. The molecule has 1 aromatic carbocycles. The van der Waals surface area contributed by atoms with Gasteiger partial charge in [0.25, 0.3) is 0 Å². The van der Waals surface area contributed by atoms with Crippen LogP contribution in [0.25, 0.3) is 0 Å². The smallest absolute Gasteiger partial charge is 0.246 e. The molecule has 212 valence electrons. The highest BCUT2D eigenvalue weighted by Gasteiger charge is 2.43. The maximum absolute atomic E-state index is 13.7. The molecule has 2 aliphatic heterocycles. The molecule has 0 aliphatic carbocycles. The summed E-state index contributed by atoms with van der Waals surface area (Å²) in [5, 5.41) is 8.54. The van der Waals surface area contributed by atoms with Crippen molar-refractivity contribution in [2.45, 2.75) is 102 Å². The van der Waals surface area contributed by atoms with Gasteiger partial charge in [-0.2, -0.15) is 0 Å². The maximum atomic E-state index is 13.7. The lowest BCUT2D eigenvalue weighted by Gasteiger charge is -2.36. The van der Waals surface area contributed by atoms with Crippen molar-refractivity contribution in [2.75, 3.05) is 6.54 Å². The second kappa shape index (κ2) is 13.5. The molecule has 10 nitrogen and oxygen atoms in total. The maximum Gasteiger partial charge on any atom is 0.246 e. The molecule has 0 radical (unpaired) electrons. The highest BCUT2D eigenvalue weighted by molar-refractivity contribution is 6.36. The van der Waals surface area contributed by atoms with Crippen molar-refractivity contribution in [3.8, 4) is 0 Å². The molecule has 2 aliphatic rings. The molecule has 2 saturated heterocycles. The molecular formula is C29H40N4O6. The largest absolute Gasteiger partial charge is 0.343 e. The van der Waals surface area contributed by atoms with E-state index < -0.39 is 53.0 Å². The molecule has 0 bridgehead atoms. The summed E-state index contributed by atoms with van der Waals surface area (Å²) in [7, 11) is 0. The number of nitrogens with one attached hydrogen (secondary N) is 3. The van der Waals surface area contributed by atoms with Gasteiger partial charge in [0.2, 0.25) is 23.6 Å². The molecule has 0 aromatic heterocycles. The third-order valence-corrected chi connectivity index (χ3v) is 7.75. The molecule has 1 aromatic rings. The van der Waals surface area contributed by atoms with E-state index in [-0.39, 0.29) is 25.2 Å². The Morgan fingerprint density at radius 2 is 1.69 bits per heavy atom. The van der Waals surface area contributed by atoms with Gasteiger partial charge < -0.3 is 20.9 Å². The molecule has 2 heterocycles. The first-order chi connectivity index (χ1) is 18.6. The molecule has 39 heavy (non-hydrogen) atoms. The van der Waals surface area contributed by atoms with Crippen molar-refractivity contribution >= 4 is 35.2 Å². The standard InChI is InChI=1S/C29H40N4O6/c1-4-29(3)28(39)31-22(18-20-12-7-5-8-13-20)27(38)33-17-11-15-23(33)26(37)30-21(25(36)32-29)14-9-6-10-16-24(35)19(2)34/h5,7-8,12-13,21-23H,4,6,9-11,14-18H2,1-3H3,(H,30,37)(H,31,39)(H,32,36)/t21-,22-,23+,29-/m0/s1. The Kier molecular flexibility index (Phi) is 10.4. The van der Waals surface area contributed by atoms with Crippen molar-refractivity contribution < 1.29 is 28.8 Å². The Hall–Kier alpha value is -3.56. The van der Waals surface area contributed by atoms with E-state index in [1.54, 1.807) is 13.8 Å². The van der Waals surface area contributed by atoms with Gasteiger partial charge in [0.15, 0.2) is 11.6 Å². The van der Waals surface area contributed by atoms with Crippen LogP contribution in [-0.4, -0.2) is 70.3 Å². The Bertz CT molecular complexity index is 1090. The Labute approximate surface area is 229 Å². The number of carbonyl (C=O) groups excluding carboxylic acids is 6. The number of hydrogen-bond acceptors (Lipinski definition) is 6. The SMILES string of the molecule is CC[C@]1(C)NC(=O)[C@H](CCCCCC(=O)C(C)=O)NC(=O)[C@H]2CCCN2C(=O)[C@H](Cc2ccccc2)NC1=O. The minimum Gasteiger partial charge on any atom is -0.343 e. The van der Waals surface area contributed by atoms with Crippen molar-refractivity contribution in [3.63, 3.8) is 0 Å². The average molecular weight is 541 g/mol. The molecule has 4 amide bonds. The molecule has 0 saturated carbocycles. The minimum atomic E-state index is -1.30. The quantitative estimate of drug-likeness (QED) is 0.304. The zero-order chi connectivity index (χ0) is 28.6. The molecule has 4 atom stereocenters. The third kappa shape index (κ3) is 7.74.